The van der Waals surface area contributed by atoms with E-state index in [0.29, 0.717) is 28.0 Å². The fraction of sp³-hybridized carbons (Fsp3) is 0.240. The summed E-state index contributed by atoms with van der Waals surface area (Å²) in [6.07, 6.45) is 0. The molecule has 0 aliphatic heterocycles. The van der Waals surface area contributed by atoms with Crippen molar-refractivity contribution in [2.75, 3.05) is 12.4 Å². The molecule has 8 nitrogen and oxygen atoms in total. The van der Waals surface area contributed by atoms with Gasteiger partial charge in [0.15, 0.2) is 10.9 Å². The van der Waals surface area contributed by atoms with Gasteiger partial charge in [-0.3, -0.25) is 4.79 Å². The number of ether oxygens (including phenoxy) is 1. The van der Waals surface area contributed by atoms with Crippen LogP contribution in [0.15, 0.2) is 53.7 Å². The highest BCUT2D eigenvalue weighted by atomic mass is 32.2. The SMILES string of the molecule is COc1ccc(C)cc1NC(=O)c1nnn(-c2ccc(C)cc2)c1CSc1nc(C)cc(C)n1. The van der Waals surface area contributed by atoms with Crippen LogP contribution in [-0.4, -0.2) is 38.0 Å². The summed E-state index contributed by atoms with van der Waals surface area (Å²) in [5.41, 5.74) is 6.21. The van der Waals surface area contributed by atoms with Crippen molar-refractivity contribution in [1.29, 1.82) is 0 Å². The molecule has 2 aromatic carbocycles. The molecule has 0 fully saturated rings. The van der Waals surface area contributed by atoms with Crippen LogP contribution in [0, 0.1) is 27.7 Å². The lowest BCUT2D eigenvalue weighted by Gasteiger charge is -2.11. The van der Waals surface area contributed by atoms with Gasteiger partial charge >= 0.3 is 0 Å². The minimum atomic E-state index is -0.362. The van der Waals surface area contributed by atoms with Gasteiger partial charge in [-0.05, 0) is 63.6 Å². The van der Waals surface area contributed by atoms with Crippen molar-refractivity contribution >= 4 is 23.4 Å². The predicted molar refractivity (Wildman–Crippen MR) is 133 cm³/mol. The van der Waals surface area contributed by atoms with Gasteiger partial charge in [0, 0.05) is 17.1 Å². The Morgan fingerprint density at radius 2 is 1.65 bits per heavy atom. The number of aromatic nitrogens is 5. The Bertz CT molecular complexity index is 1310. The molecular formula is C25H26N6O2S. The molecule has 0 saturated carbocycles. The molecule has 0 bridgehead atoms. The fourth-order valence-electron chi connectivity index (χ4n) is 3.49. The van der Waals surface area contributed by atoms with E-state index < -0.39 is 0 Å². The standard InChI is InChI=1S/C25H26N6O2S/c1-15-6-9-19(10-7-15)31-21(14-34-25-26-17(3)13-18(4)27-25)23(29-30-31)24(32)28-20-12-16(2)8-11-22(20)33-5/h6-13H,14H2,1-5H3,(H,28,32). The number of carbonyl (C=O) groups is 1. The van der Waals surface area contributed by atoms with Gasteiger partial charge in [-0.15, -0.1) is 5.10 Å². The molecule has 1 N–H and O–H groups in total. The Kier molecular flexibility index (Phi) is 6.93. The van der Waals surface area contributed by atoms with Gasteiger partial charge in [0.05, 0.1) is 24.2 Å². The van der Waals surface area contributed by atoms with Gasteiger partial charge < -0.3 is 10.1 Å². The van der Waals surface area contributed by atoms with Crippen molar-refractivity contribution in [3.63, 3.8) is 0 Å². The largest absolute Gasteiger partial charge is 0.495 e. The minimum Gasteiger partial charge on any atom is -0.495 e. The Morgan fingerprint density at radius 3 is 2.32 bits per heavy atom. The molecule has 0 atom stereocenters. The first-order valence-corrected chi connectivity index (χ1v) is 11.8. The Hall–Kier alpha value is -3.72. The first-order chi connectivity index (χ1) is 16.3. The smallest absolute Gasteiger partial charge is 0.278 e. The quantitative estimate of drug-likeness (QED) is 0.302. The van der Waals surface area contributed by atoms with E-state index in [1.165, 1.54) is 11.8 Å². The summed E-state index contributed by atoms with van der Waals surface area (Å²) in [6, 6.07) is 15.4. The molecule has 174 valence electrons. The van der Waals surface area contributed by atoms with E-state index in [-0.39, 0.29) is 11.6 Å². The van der Waals surface area contributed by atoms with Crippen LogP contribution in [0.1, 0.15) is 38.7 Å². The minimum absolute atomic E-state index is 0.237. The van der Waals surface area contributed by atoms with Crippen LogP contribution < -0.4 is 10.1 Å². The van der Waals surface area contributed by atoms with Gasteiger partial charge in [-0.25, -0.2) is 14.6 Å². The summed E-state index contributed by atoms with van der Waals surface area (Å²) in [5, 5.41) is 12.1. The lowest BCUT2D eigenvalue weighted by atomic mass is 10.2. The number of methoxy groups -OCH3 is 1. The molecule has 4 rings (SSSR count). The highest BCUT2D eigenvalue weighted by molar-refractivity contribution is 7.98. The number of amides is 1. The highest BCUT2D eigenvalue weighted by Crippen LogP contribution is 2.28. The second-order valence-electron chi connectivity index (χ2n) is 8.01. The summed E-state index contributed by atoms with van der Waals surface area (Å²) in [5.74, 6) is 0.626. The average Bonchev–Trinajstić information content (AvgIpc) is 3.22. The summed E-state index contributed by atoms with van der Waals surface area (Å²) >= 11 is 1.44. The van der Waals surface area contributed by atoms with Gasteiger partial charge in [0.1, 0.15) is 5.75 Å². The third kappa shape index (κ3) is 5.26. The van der Waals surface area contributed by atoms with E-state index >= 15 is 0 Å². The monoisotopic (exact) mass is 474 g/mol. The van der Waals surface area contributed by atoms with E-state index in [2.05, 4.69) is 25.6 Å². The van der Waals surface area contributed by atoms with Crippen molar-refractivity contribution < 1.29 is 9.53 Å². The van der Waals surface area contributed by atoms with Gasteiger partial charge in [-0.1, -0.05) is 40.7 Å². The van der Waals surface area contributed by atoms with E-state index in [4.69, 9.17) is 4.74 Å². The molecule has 2 aromatic heterocycles. The Balaban J connectivity index is 1.69. The molecule has 0 unspecified atom stereocenters. The third-order valence-electron chi connectivity index (χ3n) is 5.16. The maximum Gasteiger partial charge on any atom is 0.278 e. The second kappa shape index (κ2) is 10.0. The zero-order valence-corrected chi connectivity index (χ0v) is 20.6. The zero-order valence-electron chi connectivity index (χ0n) is 19.8. The molecule has 0 aliphatic rings. The van der Waals surface area contributed by atoms with Crippen LogP contribution >= 0.6 is 11.8 Å². The van der Waals surface area contributed by atoms with Gasteiger partial charge in [0.2, 0.25) is 0 Å². The molecule has 2 heterocycles. The van der Waals surface area contributed by atoms with Crippen LogP contribution in [0.25, 0.3) is 5.69 Å². The van der Waals surface area contributed by atoms with Crippen molar-refractivity contribution in [2.24, 2.45) is 0 Å². The molecule has 1 amide bonds. The Morgan fingerprint density at radius 1 is 0.971 bits per heavy atom. The number of hydrogen-bond acceptors (Lipinski definition) is 7. The number of anilines is 1. The zero-order chi connectivity index (χ0) is 24.2. The molecule has 0 spiro atoms. The van der Waals surface area contributed by atoms with E-state index in [1.807, 2.05) is 76.2 Å². The fourth-order valence-corrected chi connectivity index (χ4v) is 4.43. The summed E-state index contributed by atoms with van der Waals surface area (Å²) in [7, 11) is 1.57. The van der Waals surface area contributed by atoms with Crippen LogP contribution in [0.2, 0.25) is 0 Å². The summed E-state index contributed by atoms with van der Waals surface area (Å²) in [6.45, 7) is 7.85. The number of aryl methyl sites for hydroxylation is 4. The van der Waals surface area contributed by atoms with Crippen LogP contribution in [0.5, 0.6) is 5.75 Å². The Labute approximate surface area is 202 Å². The van der Waals surface area contributed by atoms with E-state index in [1.54, 1.807) is 11.8 Å². The van der Waals surface area contributed by atoms with Crippen molar-refractivity contribution in [3.05, 3.63) is 82.4 Å². The molecular weight excluding hydrogens is 448 g/mol. The molecule has 0 saturated heterocycles. The van der Waals surface area contributed by atoms with E-state index in [9.17, 15) is 4.79 Å². The van der Waals surface area contributed by atoms with Crippen molar-refractivity contribution in [2.45, 2.75) is 38.6 Å². The maximum atomic E-state index is 13.3. The topological polar surface area (TPSA) is 94.8 Å². The van der Waals surface area contributed by atoms with Crippen molar-refractivity contribution in [3.8, 4) is 11.4 Å². The molecule has 4 aromatic rings. The number of thioether (sulfide) groups is 1. The lowest BCUT2D eigenvalue weighted by Crippen LogP contribution is -2.16. The molecule has 0 aliphatic carbocycles. The number of hydrogen-bond donors (Lipinski definition) is 1. The molecule has 34 heavy (non-hydrogen) atoms. The maximum absolute atomic E-state index is 13.3. The van der Waals surface area contributed by atoms with Crippen molar-refractivity contribution in [1.82, 2.24) is 25.0 Å². The highest BCUT2D eigenvalue weighted by Gasteiger charge is 2.22. The number of nitrogens with one attached hydrogen (secondary N) is 1. The van der Waals surface area contributed by atoms with Gasteiger partial charge in [-0.2, -0.15) is 0 Å². The van der Waals surface area contributed by atoms with Gasteiger partial charge in [0.25, 0.3) is 5.91 Å². The number of carbonyl (C=O) groups excluding carboxylic acids is 1. The normalized spacial score (nSPS) is 10.9. The lowest BCUT2D eigenvalue weighted by molar-refractivity contribution is 0.102. The first kappa shape index (κ1) is 23.4. The predicted octanol–water partition coefficient (Wildman–Crippen LogP) is 4.84. The number of rotatable bonds is 7. The number of benzene rings is 2. The number of nitrogens with zero attached hydrogens (tertiary/aromatic N) is 5. The van der Waals surface area contributed by atoms with E-state index in [0.717, 1.165) is 28.2 Å². The average molecular weight is 475 g/mol. The third-order valence-corrected chi connectivity index (χ3v) is 6.02. The van der Waals surface area contributed by atoms with Crippen LogP contribution in [-0.2, 0) is 5.75 Å². The van der Waals surface area contributed by atoms with Crippen LogP contribution in [0.3, 0.4) is 0 Å². The van der Waals surface area contributed by atoms with Crippen LogP contribution in [0.4, 0.5) is 5.69 Å². The molecule has 0 radical (unpaired) electrons. The summed E-state index contributed by atoms with van der Waals surface area (Å²) < 4.78 is 7.10. The summed E-state index contributed by atoms with van der Waals surface area (Å²) in [4.78, 5) is 22.3. The molecule has 9 heteroatoms. The second-order valence-corrected chi connectivity index (χ2v) is 8.95. The first-order valence-electron chi connectivity index (χ1n) is 10.8.